The second-order valence-electron chi connectivity index (χ2n) is 10.2. The molecule has 0 bridgehead atoms. The molecule has 0 radical (unpaired) electrons. The molecule has 0 spiro atoms. The Labute approximate surface area is 209 Å². The Hall–Kier alpha value is -2.48. The van der Waals surface area contributed by atoms with E-state index in [0.29, 0.717) is 37.3 Å². The number of halogens is 5. The maximum Gasteiger partial charge on any atom is 0.389 e. The third-order valence-electron chi connectivity index (χ3n) is 7.12. The second kappa shape index (κ2) is 12.2. The summed E-state index contributed by atoms with van der Waals surface area (Å²) in [6.45, 7) is 4.62. The lowest BCUT2D eigenvalue weighted by atomic mass is 9.82. The fourth-order valence-electron chi connectivity index (χ4n) is 5.25. The van der Waals surface area contributed by atoms with Crippen molar-refractivity contribution >= 4 is 5.97 Å². The van der Waals surface area contributed by atoms with E-state index in [0.717, 1.165) is 17.2 Å². The number of aliphatic carboxylic acids is 1. The van der Waals surface area contributed by atoms with Gasteiger partial charge in [0.05, 0.1) is 0 Å². The Morgan fingerprint density at radius 1 is 1.06 bits per heavy atom. The minimum atomic E-state index is -4.32. The highest BCUT2D eigenvalue weighted by atomic mass is 19.4. The molecule has 1 saturated heterocycles. The summed E-state index contributed by atoms with van der Waals surface area (Å²) < 4.78 is 67.0. The van der Waals surface area contributed by atoms with Crippen LogP contribution in [0.3, 0.4) is 0 Å². The highest BCUT2D eigenvalue weighted by molar-refractivity contribution is 5.67. The minimum Gasteiger partial charge on any atom is -0.481 e. The summed E-state index contributed by atoms with van der Waals surface area (Å²) in [4.78, 5) is 13.4. The molecule has 36 heavy (non-hydrogen) atoms. The molecule has 1 N–H and O–H groups in total. The van der Waals surface area contributed by atoms with E-state index in [1.54, 1.807) is 0 Å². The van der Waals surface area contributed by atoms with Crippen LogP contribution in [0.5, 0.6) is 0 Å². The van der Waals surface area contributed by atoms with Crippen LogP contribution in [0.25, 0.3) is 0 Å². The van der Waals surface area contributed by atoms with Crippen molar-refractivity contribution < 1.29 is 31.9 Å². The number of hydrogen-bond donors (Lipinski definition) is 1. The van der Waals surface area contributed by atoms with E-state index >= 15 is 0 Å². The van der Waals surface area contributed by atoms with Gasteiger partial charge in [0.25, 0.3) is 0 Å². The molecule has 1 heterocycles. The SMILES string of the molecule is CC(C)c1ccc([C@@H]2C[C@H](CC(=O)O)CCN2[C@H](CCc2cc(F)cc(F)c2)CCC(F)(F)F)cc1. The lowest BCUT2D eigenvalue weighted by molar-refractivity contribution is -0.141. The number of hydrogen-bond acceptors (Lipinski definition) is 2. The van der Waals surface area contributed by atoms with Crippen molar-refractivity contribution in [3.05, 3.63) is 70.8 Å². The summed E-state index contributed by atoms with van der Waals surface area (Å²) in [5, 5.41) is 9.32. The van der Waals surface area contributed by atoms with E-state index in [9.17, 15) is 31.9 Å². The van der Waals surface area contributed by atoms with E-state index in [4.69, 9.17) is 0 Å². The second-order valence-corrected chi connectivity index (χ2v) is 10.2. The Balaban J connectivity index is 1.88. The molecular formula is C28H34F5NO2. The van der Waals surface area contributed by atoms with Crippen molar-refractivity contribution in [2.24, 2.45) is 5.92 Å². The van der Waals surface area contributed by atoms with E-state index in [1.807, 2.05) is 24.3 Å². The van der Waals surface area contributed by atoms with Gasteiger partial charge in [0.1, 0.15) is 11.6 Å². The van der Waals surface area contributed by atoms with Crippen LogP contribution in [-0.2, 0) is 11.2 Å². The topological polar surface area (TPSA) is 40.5 Å². The van der Waals surface area contributed by atoms with Crippen LogP contribution < -0.4 is 0 Å². The van der Waals surface area contributed by atoms with E-state index in [1.165, 1.54) is 12.1 Å². The molecule has 3 rings (SSSR count). The Morgan fingerprint density at radius 2 is 1.69 bits per heavy atom. The van der Waals surface area contributed by atoms with Gasteiger partial charge >= 0.3 is 12.1 Å². The highest BCUT2D eigenvalue weighted by Gasteiger charge is 2.37. The van der Waals surface area contributed by atoms with Crippen molar-refractivity contribution in [3.8, 4) is 0 Å². The molecule has 0 unspecified atom stereocenters. The van der Waals surface area contributed by atoms with E-state index < -0.39 is 36.2 Å². The molecule has 0 saturated carbocycles. The van der Waals surface area contributed by atoms with Gasteiger partial charge in [-0.05, 0) is 79.3 Å². The quantitative estimate of drug-likeness (QED) is 0.333. The molecule has 198 valence electrons. The maximum atomic E-state index is 13.7. The van der Waals surface area contributed by atoms with Gasteiger partial charge in [-0.25, -0.2) is 8.78 Å². The normalized spacial score (nSPS) is 20.0. The fourth-order valence-corrected chi connectivity index (χ4v) is 5.25. The summed E-state index contributed by atoms with van der Waals surface area (Å²) in [5.74, 6) is -2.06. The van der Waals surface area contributed by atoms with E-state index in [-0.39, 0.29) is 31.2 Å². The molecule has 1 fully saturated rings. The van der Waals surface area contributed by atoms with Gasteiger partial charge in [-0.1, -0.05) is 38.1 Å². The molecule has 1 aliphatic heterocycles. The Kier molecular flexibility index (Phi) is 9.50. The molecule has 1 aliphatic rings. The third kappa shape index (κ3) is 8.29. The largest absolute Gasteiger partial charge is 0.481 e. The average Bonchev–Trinajstić information content (AvgIpc) is 2.78. The molecular weight excluding hydrogens is 477 g/mol. The number of alkyl halides is 3. The van der Waals surface area contributed by atoms with Gasteiger partial charge in [0, 0.05) is 31.0 Å². The van der Waals surface area contributed by atoms with Gasteiger partial charge in [-0.2, -0.15) is 13.2 Å². The summed E-state index contributed by atoms with van der Waals surface area (Å²) in [6, 6.07) is 10.5. The van der Waals surface area contributed by atoms with Crippen LogP contribution in [0.1, 0.15) is 81.0 Å². The number of rotatable bonds is 10. The number of benzene rings is 2. The first-order valence-electron chi connectivity index (χ1n) is 12.5. The standard InChI is InChI=1S/C28H34F5NO2/c1-18(2)21-4-6-22(7-5-21)26-15-20(16-27(35)36)10-12-34(26)25(9-11-28(31,32)33)8-3-19-13-23(29)17-24(30)14-19/h4-7,13-14,17-18,20,25-26H,3,8-12,15-16H2,1-2H3,(H,35,36)/t20-,25-,26+/m1/s1. The van der Waals surface area contributed by atoms with Crippen molar-refractivity contribution in [2.45, 2.75) is 83.0 Å². The van der Waals surface area contributed by atoms with Crippen LogP contribution in [-0.4, -0.2) is 34.7 Å². The van der Waals surface area contributed by atoms with Gasteiger partial charge in [0.15, 0.2) is 0 Å². The molecule has 0 amide bonds. The minimum absolute atomic E-state index is 0.0181. The number of likely N-dealkylation sites (tertiary alicyclic amines) is 1. The molecule has 0 aliphatic carbocycles. The first-order valence-corrected chi connectivity index (χ1v) is 12.5. The first-order chi connectivity index (χ1) is 16.9. The number of piperidine rings is 1. The lowest BCUT2D eigenvalue weighted by Crippen LogP contribution is -2.44. The fraction of sp³-hybridized carbons (Fsp3) is 0.536. The molecule has 3 atom stereocenters. The Bertz CT molecular complexity index is 986. The van der Waals surface area contributed by atoms with Crippen molar-refractivity contribution in [3.63, 3.8) is 0 Å². The zero-order chi connectivity index (χ0) is 26.5. The predicted molar refractivity (Wildman–Crippen MR) is 129 cm³/mol. The number of carboxylic acid groups (broad SMARTS) is 1. The number of aryl methyl sites for hydroxylation is 1. The zero-order valence-corrected chi connectivity index (χ0v) is 20.7. The van der Waals surface area contributed by atoms with Crippen LogP contribution in [0.15, 0.2) is 42.5 Å². The number of carboxylic acids is 1. The number of nitrogens with zero attached hydrogens (tertiary/aromatic N) is 1. The summed E-state index contributed by atoms with van der Waals surface area (Å²) in [7, 11) is 0. The summed E-state index contributed by atoms with van der Waals surface area (Å²) >= 11 is 0. The van der Waals surface area contributed by atoms with Crippen LogP contribution >= 0.6 is 0 Å². The first kappa shape index (κ1) is 28.1. The smallest absolute Gasteiger partial charge is 0.389 e. The maximum absolute atomic E-state index is 13.7. The zero-order valence-electron chi connectivity index (χ0n) is 20.7. The van der Waals surface area contributed by atoms with Crippen LogP contribution in [0.4, 0.5) is 22.0 Å². The van der Waals surface area contributed by atoms with Crippen molar-refractivity contribution in [1.82, 2.24) is 4.90 Å². The van der Waals surface area contributed by atoms with Crippen molar-refractivity contribution in [1.29, 1.82) is 0 Å². The van der Waals surface area contributed by atoms with Gasteiger partial charge in [-0.3, -0.25) is 9.69 Å². The molecule has 0 aromatic heterocycles. The highest BCUT2D eigenvalue weighted by Crippen LogP contribution is 2.40. The summed E-state index contributed by atoms with van der Waals surface area (Å²) in [5.41, 5.74) is 2.50. The van der Waals surface area contributed by atoms with Gasteiger partial charge in [0.2, 0.25) is 0 Å². The van der Waals surface area contributed by atoms with Crippen LogP contribution in [0, 0.1) is 17.6 Å². The van der Waals surface area contributed by atoms with Gasteiger partial charge < -0.3 is 5.11 Å². The Morgan fingerprint density at radius 3 is 2.25 bits per heavy atom. The average molecular weight is 512 g/mol. The van der Waals surface area contributed by atoms with Crippen molar-refractivity contribution in [2.75, 3.05) is 6.54 Å². The molecule has 3 nitrogen and oxygen atoms in total. The lowest BCUT2D eigenvalue weighted by Gasteiger charge is -2.44. The van der Waals surface area contributed by atoms with Crippen LogP contribution in [0.2, 0.25) is 0 Å². The van der Waals surface area contributed by atoms with Gasteiger partial charge in [-0.15, -0.1) is 0 Å². The summed E-state index contributed by atoms with van der Waals surface area (Å²) in [6.07, 6.45) is -3.74. The third-order valence-corrected chi connectivity index (χ3v) is 7.12. The van der Waals surface area contributed by atoms with E-state index in [2.05, 4.69) is 18.7 Å². The monoisotopic (exact) mass is 511 g/mol. The molecule has 8 heteroatoms. The predicted octanol–water partition coefficient (Wildman–Crippen LogP) is 7.66. The number of carbonyl (C=O) groups is 1. The molecule has 2 aromatic rings. The molecule has 2 aromatic carbocycles.